The Balaban J connectivity index is 0.00000338. The van der Waals surface area contributed by atoms with Gasteiger partial charge in [-0.15, -0.1) is 17.9 Å². The minimum atomic E-state index is -0.790. The molecule has 0 saturated carbocycles. The monoisotopic (exact) mass is 405 g/mol. The van der Waals surface area contributed by atoms with Crippen LogP contribution in [0, 0.1) is 0 Å². The molecule has 2 N–H and O–H groups in total. The van der Waals surface area contributed by atoms with Crippen LogP contribution in [0.1, 0.15) is 13.8 Å². The molecule has 0 aliphatic carbocycles. The topological polar surface area (TPSA) is 69.3 Å². The number of hydrazine groups is 3. The summed E-state index contributed by atoms with van der Waals surface area (Å²) in [6.45, 7) is 7.79. The van der Waals surface area contributed by atoms with Crippen LogP contribution < -0.4 is 11.0 Å². The van der Waals surface area contributed by atoms with Gasteiger partial charge in [0.2, 0.25) is 0 Å². The number of carbonyl (C=O) groups is 1. The van der Waals surface area contributed by atoms with E-state index in [2.05, 4.69) is 34.4 Å². The third kappa shape index (κ3) is 6.45. The van der Waals surface area contributed by atoms with Gasteiger partial charge in [-0.25, -0.2) is 4.79 Å². The summed E-state index contributed by atoms with van der Waals surface area (Å²) >= 11 is 5.90. The molecule has 10 heteroatoms. The van der Waals surface area contributed by atoms with Crippen molar-refractivity contribution in [3.05, 3.63) is 41.4 Å². The molecule has 0 atom stereocenters. The normalized spacial score (nSPS) is 13.3. The van der Waals surface area contributed by atoms with Gasteiger partial charge in [-0.2, -0.15) is 5.12 Å². The van der Waals surface area contributed by atoms with Crippen LogP contribution >= 0.6 is 24.0 Å². The Morgan fingerprint density at radius 3 is 2.50 bits per heavy atom. The fourth-order valence-corrected chi connectivity index (χ4v) is 2.36. The van der Waals surface area contributed by atoms with Crippen molar-refractivity contribution in [2.75, 3.05) is 38.7 Å². The summed E-state index contributed by atoms with van der Waals surface area (Å²) < 4.78 is 9.74. The van der Waals surface area contributed by atoms with Crippen LogP contribution in [0.3, 0.4) is 0 Å². The predicted octanol–water partition coefficient (Wildman–Crippen LogP) is 3.05. The van der Waals surface area contributed by atoms with E-state index >= 15 is 0 Å². The molecule has 0 amide bonds. The molecule has 1 aromatic rings. The van der Waals surface area contributed by atoms with E-state index in [1.807, 2.05) is 17.1 Å². The first-order valence-corrected chi connectivity index (χ1v) is 8.48. The van der Waals surface area contributed by atoms with E-state index in [-0.39, 0.29) is 18.3 Å². The Bertz CT molecular complexity index is 596. The molecule has 0 fully saturated rings. The summed E-state index contributed by atoms with van der Waals surface area (Å²) in [4.78, 5) is 13.8. The zero-order valence-electron chi connectivity index (χ0n) is 15.1. The van der Waals surface area contributed by atoms with Crippen molar-refractivity contribution in [3.63, 3.8) is 0 Å². The van der Waals surface area contributed by atoms with E-state index < -0.39 is 6.16 Å². The summed E-state index contributed by atoms with van der Waals surface area (Å²) in [6.07, 6.45) is 0.908. The number of rotatable bonds is 8. The third-order valence-corrected chi connectivity index (χ3v) is 3.96. The van der Waals surface area contributed by atoms with Gasteiger partial charge in [0, 0.05) is 18.1 Å². The quantitative estimate of drug-likeness (QED) is 0.639. The number of nitrogens with one attached hydrogen (secondary N) is 2. The number of halogens is 2. The lowest BCUT2D eigenvalue weighted by Crippen LogP contribution is -2.46. The molecule has 0 radical (unpaired) electrons. The fraction of sp³-hybridized carbons (Fsp3) is 0.438. The van der Waals surface area contributed by atoms with E-state index in [1.54, 1.807) is 18.3 Å². The maximum atomic E-state index is 11.5. The van der Waals surface area contributed by atoms with Gasteiger partial charge in [-0.3, -0.25) is 10.4 Å². The van der Waals surface area contributed by atoms with Crippen molar-refractivity contribution in [2.24, 2.45) is 0 Å². The van der Waals surface area contributed by atoms with Gasteiger partial charge in [0.05, 0.1) is 19.0 Å². The van der Waals surface area contributed by atoms with Gasteiger partial charge in [-0.05, 0) is 37.4 Å². The second-order valence-corrected chi connectivity index (χ2v) is 5.73. The van der Waals surface area contributed by atoms with Crippen LogP contribution in [0.2, 0.25) is 5.02 Å². The molecular weight excluding hydrogens is 381 g/mol. The number of likely N-dealkylation sites (N-methyl/N-ethyl adjacent to an activating group) is 1. The van der Waals surface area contributed by atoms with Crippen LogP contribution in [-0.4, -0.2) is 54.5 Å². The Labute approximate surface area is 165 Å². The predicted molar refractivity (Wildman–Crippen MR) is 103 cm³/mol. The zero-order chi connectivity index (χ0) is 18.2. The second kappa shape index (κ2) is 11.0. The SMILES string of the molecule is CCN(CC)CCN1C=C(OC(=O)OC)N(Nc2ccc(Cl)cc2)N1.Cl. The van der Waals surface area contributed by atoms with Crippen molar-refractivity contribution in [1.82, 2.24) is 20.6 Å². The van der Waals surface area contributed by atoms with Gasteiger partial charge in [0.1, 0.15) is 0 Å². The number of benzene rings is 1. The van der Waals surface area contributed by atoms with Gasteiger partial charge in [0.25, 0.3) is 5.88 Å². The fourth-order valence-electron chi connectivity index (χ4n) is 2.23. The highest BCUT2D eigenvalue weighted by Crippen LogP contribution is 2.18. The standard InChI is InChI=1S/C16H24ClN5O3.ClH/c1-4-20(5-2)10-11-21-12-15(25-16(23)24-3)22(19-21)18-14-8-6-13(17)7-9-14;/h6-9,12,18-19H,4-5,10-11H2,1-3H3;1H. The van der Waals surface area contributed by atoms with Gasteiger partial charge < -0.3 is 14.4 Å². The van der Waals surface area contributed by atoms with Crippen molar-refractivity contribution in [2.45, 2.75) is 13.8 Å². The summed E-state index contributed by atoms with van der Waals surface area (Å²) in [7, 11) is 1.26. The summed E-state index contributed by atoms with van der Waals surface area (Å²) in [5.74, 6) is 0.279. The number of ether oxygens (including phenoxy) is 2. The van der Waals surface area contributed by atoms with Crippen molar-refractivity contribution >= 4 is 35.9 Å². The molecule has 146 valence electrons. The number of hydrogen-bond donors (Lipinski definition) is 2. The van der Waals surface area contributed by atoms with Crippen LogP contribution in [0.5, 0.6) is 0 Å². The highest BCUT2D eigenvalue weighted by Gasteiger charge is 2.25. The lowest BCUT2D eigenvalue weighted by Gasteiger charge is -2.26. The number of methoxy groups -OCH3 is 1. The van der Waals surface area contributed by atoms with E-state index in [4.69, 9.17) is 16.3 Å². The molecule has 0 aromatic heterocycles. The summed E-state index contributed by atoms with van der Waals surface area (Å²) in [5.41, 5.74) is 6.99. The maximum absolute atomic E-state index is 11.5. The minimum absolute atomic E-state index is 0. The number of hydrogen-bond acceptors (Lipinski definition) is 8. The third-order valence-electron chi connectivity index (χ3n) is 3.71. The average Bonchev–Trinajstić information content (AvgIpc) is 2.99. The van der Waals surface area contributed by atoms with E-state index in [9.17, 15) is 4.79 Å². The van der Waals surface area contributed by atoms with E-state index in [0.29, 0.717) is 11.6 Å². The molecular formula is C16H25Cl2N5O3. The van der Waals surface area contributed by atoms with E-state index in [0.717, 1.165) is 25.3 Å². The first kappa shape index (κ1) is 22.2. The summed E-state index contributed by atoms with van der Waals surface area (Å²) in [5, 5.41) is 3.98. The first-order chi connectivity index (χ1) is 12.0. The number of nitrogens with zero attached hydrogens (tertiary/aromatic N) is 3. The molecule has 0 bridgehead atoms. The molecule has 8 nitrogen and oxygen atoms in total. The Hall–Kier alpha value is -1.87. The van der Waals surface area contributed by atoms with Gasteiger partial charge in [-0.1, -0.05) is 25.4 Å². The Morgan fingerprint density at radius 2 is 1.92 bits per heavy atom. The Kier molecular flexibility index (Phi) is 9.36. The molecule has 1 aliphatic rings. The molecule has 2 rings (SSSR count). The zero-order valence-corrected chi connectivity index (χ0v) is 16.6. The van der Waals surface area contributed by atoms with Crippen LogP contribution in [0.4, 0.5) is 10.5 Å². The van der Waals surface area contributed by atoms with Crippen molar-refractivity contribution in [1.29, 1.82) is 0 Å². The summed E-state index contributed by atoms with van der Waals surface area (Å²) in [6, 6.07) is 7.17. The minimum Gasteiger partial charge on any atom is -0.437 e. The lowest BCUT2D eigenvalue weighted by atomic mass is 10.3. The van der Waals surface area contributed by atoms with Crippen molar-refractivity contribution in [3.8, 4) is 0 Å². The van der Waals surface area contributed by atoms with Gasteiger partial charge >= 0.3 is 6.16 Å². The van der Waals surface area contributed by atoms with Crippen LogP contribution in [0.15, 0.2) is 36.3 Å². The number of anilines is 1. The number of carbonyl (C=O) groups excluding carboxylic acids is 1. The lowest BCUT2D eigenvalue weighted by molar-refractivity contribution is 0.0564. The average molecular weight is 406 g/mol. The van der Waals surface area contributed by atoms with E-state index in [1.165, 1.54) is 12.2 Å². The first-order valence-electron chi connectivity index (χ1n) is 8.11. The molecule has 1 heterocycles. The maximum Gasteiger partial charge on any atom is 0.515 e. The highest BCUT2D eigenvalue weighted by molar-refractivity contribution is 6.30. The van der Waals surface area contributed by atoms with Gasteiger partial charge in [0.15, 0.2) is 0 Å². The van der Waals surface area contributed by atoms with Crippen LogP contribution in [0.25, 0.3) is 0 Å². The molecule has 0 saturated heterocycles. The largest absolute Gasteiger partial charge is 0.515 e. The van der Waals surface area contributed by atoms with Crippen LogP contribution in [-0.2, 0) is 9.47 Å². The smallest absolute Gasteiger partial charge is 0.437 e. The molecule has 1 aromatic carbocycles. The molecule has 26 heavy (non-hydrogen) atoms. The molecule has 0 spiro atoms. The molecule has 1 aliphatic heterocycles. The second-order valence-electron chi connectivity index (χ2n) is 5.30. The molecule has 0 unspecified atom stereocenters. The highest BCUT2D eigenvalue weighted by atomic mass is 35.5. The van der Waals surface area contributed by atoms with Crippen molar-refractivity contribution < 1.29 is 14.3 Å². The Morgan fingerprint density at radius 1 is 1.27 bits per heavy atom.